The maximum atomic E-state index is 12.5. The molecule has 8 nitrogen and oxygen atoms in total. The van der Waals surface area contributed by atoms with E-state index >= 15 is 0 Å². The minimum Gasteiger partial charge on any atom is -0.490 e. The Morgan fingerprint density at radius 1 is 1.10 bits per heavy atom. The Kier molecular flexibility index (Phi) is 9.01. The summed E-state index contributed by atoms with van der Waals surface area (Å²) >= 11 is 0. The number of ether oxygens (including phenoxy) is 2. The third-order valence-corrected chi connectivity index (χ3v) is 4.78. The molecular weight excluding hydrogens is 384 g/mol. The van der Waals surface area contributed by atoms with Crippen molar-refractivity contribution in [1.82, 2.24) is 15.1 Å². The van der Waals surface area contributed by atoms with Crippen LogP contribution in [-0.2, 0) is 16.0 Å². The smallest absolute Gasteiger partial charge is 0.266 e. The van der Waals surface area contributed by atoms with Crippen molar-refractivity contribution in [2.75, 3.05) is 45.9 Å². The Bertz CT molecular complexity index is 808. The zero-order valence-electron chi connectivity index (χ0n) is 17.9. The molecule has 1 aliphatic rings. The van der Waals surface area contributed by atoms with Crippen LogP contribution in [-0.4, -0.2) is 67.6 Å². The molecule has 162 valence electrons. The molecule has 0 atom stereocenters. The molecule has 1 fully saturated rings. The summed E-state index contributed by atoms with van der Waals surface area (Å²) < 4.78 is 11.2. The number of nitrogens with one attached hydrogen (secondary N) is 1. The van der Waals surface area contributed by atoms with Crippen LogP contribution in [0.2, 0.25) is 0 Å². The van der Waals surface area contributed by atoms with E-state index in [2.05, 4.69) is 5.32 Å². The van der Waals surface area contributed by atoms with Crippen LogP contribution in [0.1, 0.15) is 26.3 Å². The quantitative estimate of drug-likeness (QED) is 0.376. The summed E-state index contributed by atoms with van der Waals surface area (Å²) in [6, 6.07) is 7.79. The minimum atomic E-state index is -0.312. The summed E-state index contributed by atoms with van der Waals surface area (Å²) in [5.41, 5.74) is 1.13. The number of hydrogen-bond acceptors (Lipinski definition) is 6. The topological polar surface area (TPSA) is 94.9 Å². The van der Waals surface area contributed by atoms with E-state index in [1.807, 2.05) is 38.1 Å². The number of piperazine rings is 1. The van der Waals surface area contributed by atoms with Crippen LogP contribution in [0.3, 0.4) is 0 Å². The van der Waals surface area contributed by atoms with Crippen LogP contribution in [0, 0.1) is 11.3 Å². The van der Waals surface area contributed by atoms with Gasteiger partial charge < -0.3 is 24.6 Å². The Morgan fingerprint density at radius 2 is 1.73 bits per heavy atom. The van der Waals surface area contributed by atoms with Gasteiger partial charge in [-0.1, -0.05) is 6.07 Å². The average molecular weight is 415 g/mol. The lowest BCUT2D eigenvalue weighted by Gasteiger charge is -2.34. The molecular formula is C22H30N4O4. The minimum absolute atomic E-state index is 0.00148. The lowest BCUT2D eigenvalue weighted by Crippen LogP contribution is -2.50. The Morgan fingerprint density at radius 3 is 2.33 bits per heavy atom. The molecule has 2 amide bonds. The summed E-state index contributed by atoms with van der Waals surface area (Å²) in [4.78, 5) is 27.3. The van der Waals surface area contributed by atoms with E-state index in [0.717, 1.165) is 11.3 Å². The number of rotatable bonds is 9. The Labute approximate surface area is 178 Å². The second-order valence-corrected chi connectivity index (χ2v) is 6.82. The van der Waals surface area contributed by atoms with Crippen molar-refractivity contribution in [3.63, 3.8) is 0 Å². The largest absolute Gasteiger partial charge is 0.490 e. The van der Waals surface area contributed by atoms with Crippen molar-refractivity contribution >= 4 is 11.8 Å². The van der Waals surface area contributed by atoms with Gasteiger partial charge in [-0.25, -0.2) is 0 Å². The molecule has 0 bridgehead atoms. The zero-order chi connectivity index (χ0) is 21.9. The molecule has 0 aliphatic carbocycles. The van der Waals surface area contributed by atoms with Crippen molar-refractivity contribution in [1.29, 1.82) is 5.26 Å². The number of carbonyl (C=O) groups excluding carboxylic acids is 2. The summed E-state index contributed by atoms with van der Waals surface area (Å²) in [6.45, 7) is 8.92. The number of amides is 2. The molecule has 1 saturated heterocycles. The number of benzene rings is 1. The first-order valence-corrected chi connectivity index (χ1v) is 10.3. The lowest BCUT2D eigenvalue weighted by atomic mass is 10.1. The van der Waals surface area contributed by atoms with Gasteiger partial charge in [0.1, 0.15) is 11.6 Å². The molecule has 2 rings (SSSR count). The maximum absolute atomic E-state index is 12.5. The molecule has 1 aromatic carbocycles. The first-order chi connectivity index (χ1) is 14.5. The molecule has 1 aromatic rings. The standard InChI is InChI=1S/C22H30N4O4/c1-4-29-20-7-6-18(14-21(20)30-5-2)8-9-24-16-19(15-23)22(28)26-12-10-25(11-13-26)17(3)27/h6-7,14,16,24H,4-5,8-13H2,1-3H3/b19-16-. The average Bonchev–Trinajstić information content (AvgIpc) is 2.75. The lowest BCUT2D eigenvalue weighted by molar-refractivity contribution is -0.136. The third kappa shape index (κ3) is 6.41. The maximum Gasteiger partial charge on any atom is 0.266 e. The first-order valence-electron chi connectivity index (χ1n) is 10.3. The predicted octanol–water partition coefficient (Wildman–Crippen LogP) is 1.71. The molecule has 30 heavy (non-hydrogen) atoms. The monoisotopic (exact) mass is 414 g/mol. The van der Waals surface area contributed by atoms with Gasteiger partial charge in [0.05, 0.1) is 13.2 Å². The van der Waals surface area contributed by atoms with Gasteiger partial charge >= 0.3 is 0 Å². The highest BCUT2D eigenvalue weighted by molar-refractivity contribution is 5.97. The summed E-state index contributed by atoms with van der Waals surface area (Å²) in [6.07, 6.45) is 2.17. The fourth-order valence-electron chi connectivity index (χ4n) is 3.18. The van der Waals surface area contributed by atoms with Crippen molar-refractivity contribution in [2.45, 2.75) is 27.2 Å². The highest BCUT2D eigenvalue weighted by Crippen LogP contribution is 2.28. The van der Waals surface area contributed by atoms with Crippen molar-refractivity contribution in [3.05, 3.63) is 35.5 Å². The predicted molar refractivity (Wildman–Crippen MR) is 113 cm³/mol. The van der Waals surface area contributed by atoms with Gasteiger partial charge in [-0.2, -0.15) is 5.26 Å². The molecule has 0 unspecified atom stereocenters. The molecule has 0 radical (unpaired) electrons. The van der Waals surface area contributed by atoms with E-state index in [4.69, 9.17) is 9.47 Å². The van der Waals surface area contributed by atoms with Gasteiger partial charge in [0, 0.05) is 45.8 Å². The molecule has 0 spiro atoms. The van der Waals surface area contributed by atoms with E-state index in [9.17, 15) is 14.9 Å². The first kappa shape index (κ1) is 23.1. The van der Waals surface area contributed by atoms with Gasteiger partial charge in [-0.3, -0.25) is 9.59 Å². The van der Waals surface area contributed by atoms with E-state index < -0.39 is 0 Å². The van der Waals surface area contributed by atoms with Crippen molar-refractivity contribution in [2.24, 2.45) is 0 Å². The molecule has 1 N–H and O–H groups in total. The summed E-state index contributed by atoms with van der Waals surface area (Å²) in [5.74, 6) is 1.12. The highest BCUT2D eigenvalue weighted by atomic mass is 16.5. The van der Waals surface area contributed by atoms with Gasteiger partial charge in [0.2, 0.25) is 5.91 Å². The number of nitriles is 1. The van der Waals surface area contributed by atoms with Crippen LogP contribution < -0.4 is 14.8 Å². The van der Waals surface area contributed by atoms with Gasteiger partial charge in [0.15, 0.2) is 11.5 Å². The van der Waals surface area contributed by atoms with E-state index in [-0.39, 0.29) is 17.4 Å². The van der Waals surface area contributed by atoms with Crippen LogP contribution in [0.15, 0.2) is 30.0 Å². The second kappa shape index (κ2) is 11.7. The van der Waals surface area contributed by atoms with E-state index in [0.29, 0.717) is 58.1 Å². The SMILES string of the molecule is CCOc1ccc(CCN/C=C(/C#N)C(=O)N2CCN(C(C)=O)CC2)cc1OCC. The van der Waals surface area contributed by atoms with Crippen LogP contribution in [0.25, 0.3) is 0 Å². The number of hydrogen-bond donors (Lipinski definition) is 1. The molecule has 0 saturated carbocycles. The van der Waals surface area contributed by atoms with Gasteiger partial charge in [0.25, 0.3) is 5.91 Å². The molecule has 8 heteroatoms. The van der Waals surface area contributed by atoms with Crippen molar-refractivity contribution < 1.29 is 19.1 Å². The third-order valence-electron chi connectivity index (χ3n) is 4.78. The zero-order valence-corrected chi connectivity index (χ0v) is 17.9. The number of carbonyl (C=O) groups is 2. The summed E-state index contributed by atoms with van der Waals surface area (Å²) in [7, 11) is 0. The van der Waals surface area contributed by atoms with Crippen molar-refractivity contribution in [3.8, 4) is 17.6 Å². The fraction of sp³-hybridized carbons (Fsp3) is 0.500. The molecule has 1 heterocycles. The Hall–Kier alpha value is -3.21. The van der Waals surface area contributed by atoms with Crippen LogP contribution >= 0.6 is 0 Å². The molecule has 1 aliphatic heterocycles. The molecule has 0 aromatic heterocycles. The van der Waals surface area contributed by atoms with Crippen LogP contribution in [0.4, 0.5) is 0 Å². The van der Waals surface area contributed by atoms with Gasteiger partial charge in [-0.15, -0.1) is 0 Å². The second-order valence-electron chi connectivity index (χ2n) is 6.82. The normalized spacial score (nSPS) is 14.1. The van der Waals surface area contributed by atoms with Crippen LogP contribution in [0.5, 0.6) is 11.5 Å². The van der Waals surface area contributed by atoms with E-state index in [1.165, 1.54) is 13.1 Å². The van der Waals surface area contributed by atoms with Gasteiger partial charge in [-0.05, 0) is 38.0 Å². The van der Waals surface area contributed by atoms with E-state index in [1.54, 1.807) is 9.80 Å². The highest BCUT2D eigenvalue weighted by Gasteiger charge is 2.24. The summed E-state index contributed by atoms with van der Waals surface area (Å²) in [5, 5.41) is 12.4. The Balaban J connectivity index is 1.89. The number of nitrogens with zero attached hydrogens (tertiary/aromatic N) is 3. The fourth-order valence-corrected chi connectivity index (χ4v) is 3.18.